The van der Waals surface area contributed by atoms with Crippen molar-refractivity contribution in [2.24, 2.45) is 11.8 Å². The van der Waals surface area contributed by atoms with E-state index in [0.717, 1.165) is 49.2 Å². The van der Waals surface area contributed by atoms with Gasteiger partial charge in [0.05, 0.1) is 30.3 Å². The molecule has 2 aromatic carbocycles. The fraction of sp³-hybridized carbons (Fsp3) is 0.458. The first-order valence-electron chi connectivity index (χ1n) is 10.4. The van der Waals surface area contributed by atoms with Crippen molar-refractivity contribution in [2.75, 3.05) is 13.2 Å². The lowest BCUT2D eigenvalue weighted by Crippen LogP contribution is -2.54. The lowest BCUT2D eigenvalue weighted by Gasteiger charge is -2.53. The second-order valence-electron chi connectivity index (χ2n) is 8.66. The van der Waals surface area contributed by atoms with Crippen molar-refractivity contribution in [3.8, 4) is 11.5 Å². The lowest BCUT2D eigenvalue weighted by molar-refractivity contribution is -0.241. The van der Waals surface area contributed by atoms with Gasteiger partial charge in [0, 0.05) is 0 Å². The Labute approximate surface area is 170 Å². The van der Waals surface area contributed by atoms with Gasteiger partial charge in [0.25, 0.3) is 0 Å². The molecule has 2 bridgehead atoms. The Bertz CT molecular complexity index is 869. The smallest absolute Gasteiger partial charge is 0.306 e. The van der Waals surface area contributed by atoms with Crippen LogP contribution < -0.4 is 4.74 Å². The van der Waals surface area contributed by atoms with E-state index in [9.17, 15) is 4.79 Å². The summed E-state index contributed by atoms with van der Waals surface area (Å²) in [6, 6.07) is 18.0. The van der Waals surface area contributed by atoms with Gasteiger partial charge in [-0.3, -0.25) is 4.79 Å². The molecule has 2 aliphatic heterocycles. The van der Waals surface area contributed by atoms with Crippen molar-refractivity contribution >= 4 is 5.97 Å². The summed E-state index contributed by atoms with van der Waals surface area (Å²) in [5.41, 5.74) is 0.642. The van der Waals surface area contributed by atoms with Crippen molar-refractivity contribution in [2.45, 2.75) is 43.3 Å². The molecule has 152 valence electrons. The Hall–Kier alpha value is -2.37. The summed E-state index contributed by atoms with van der Waals surface area (Å²) in [5, 5.41) is 9.07. The van der Waals surface area contributed by atoms with Gasteiger partial charge in [0.15, 0.2) is 0 Å². The molecular weight excluding hydrogens is 368 g/mol. The van der Waals surface area contributed by atoms with Crippen LogP contribution >= 0.6 is 0 Å². The van der Waals surface area contributed by atoms with E-state index in [0.29, 0.717) is 13.2 Å². The van der Waals surface area contributed by atoms with Crippen LogP contribution in [-0.4, -0.2) is 29.9 Å². The van der Waals surface area contributed by atoms with Gasteiger partial charge in [-0.15, -0.1) is 0 Å². The highest BCUT2D eigenvalue weighted by molar-refractivity contribution is 5.73. The number of para-hydroxylation sites is 1. The zero-order valence-corrected chi connectivity index (χ0v) is 16.4. The minimum atomic E-state index is -0.698. The first-order chi connectivity index (χ1) is 14.1. The molecule has 2 saturated carbocycles. The monoisotopic (exact) mass is 394 g/mol. The predicted molar refractivity (Wildman–Crippen MR) is 107 cm³/mol. The SMILES string of the molecule is O=C(O)C1CC1COC12CCC(c3cccc(Oc4ccccc4)c3)(CC1)OC2. The van der Waals surface area contributed by atoms with E-state index >= 15 is 0 Å². The minimum Gasteiger partial charge on any atom is -0.481 e. The van der Waals surface area contributed by atoms with Crippen LogP contribution in [0.2, 0.25) is 0 Å². The van der Waals surface area contributed by atoms with Crippen molar-refractivity contribution in [1.82, 2.24) is 0 Å². The summed E-state index contributed by atoms with van der Waals surface area (Å²) in [4.78, 5) is 11.0. The molecule has 2 aliphatic carbocycles. The number of benzene rings is 2. The van der Waals surface area contributed by atoms with Crippen LogP contribution in [0.1, 0.15) is 37.7 Å². The first-order valence-corrected chi connectivity index (χ1v) is 10.4. The fourth-order valence-corrected chi connectivity index (χ4v) is 4.71. The Kier molecular flexibility index (Phi) is 4.60. The van der Waals surface area contributed by atoms with Gasteiger partial charge in [0.1, 0.15) is 11.5 Å². The molecule has 5 nitrogen and oxygen atoms in total. The van der Waals surface area contributed by atoms with Gasteiger partial charge in [-0.1, -0.05) is 30.3 Å². The maximum absolute atomic E-state index is 11.0. The molecule has 5 heteroatoms. The number of aliphatic carboxylic acids is 1. The van der Waals surface area contributed by atoms with Crippen molar-refractivity contribution < 1.29 is 24.1 Å². The molecule has 0 spiro atoms. The van der Waals surface area contributed by atoms with Crippen LogP contribution in [0.4, 0.5) is 0 Å². The number of carboxylic acids is 1. The molecule has 2 heterocycles. The van der Waals surface area contributed by atoms with Crippen LogP contribution in [0.25, 0.3) is 0 Å². The van der Waals surface area contributed by atoms with Gasteiger partial charge in [-0.2, -0.15) is 0 Å². The summed E-state index contributed by atoms with van der Waals surface area (Å²) in [7, 11) is 0. The van der Waals surface area contributed by atoms with E-state index in [2.05, 4.69) is 12.1 Å². The van der Waals surface area contributed by atoms with E-state index < -0.39 is 5.97 Å². The third-order valence-electron chi connectivity index (χ3n) is 6.76. The number of carbonyl (C=O) groups is 1. The average molecular weight is 394 g/mol. The molecule has 4 aliphatic rings. The quantitative estimate of drug-likeness (QED) is 0.734. The highest BCUT2D eigenvalue weighted by Crippen LogP contribution is 2.52. The second-order valence-corrected chi connectivity index (χ2v) is 8.66. The maximum atomic E-state index is 11.0. The number of hydrogen-bond acceptors (Lipinski definition) is 4. The summed E-state index contributed by atoms with van der Waals surface area (Å²) < 4.78 is 18.6. The third-order valence-corrected chi connectivity index (χ3v) is 6.76. The Balaban J connectivity index is 1.24. The zero-order valence-electron chi connectivity index (χ0n) is 16.4. The van der Waals surface area contributed by atoms with E-state index in [4.69, 9.17) is 19.3 Å². The van der Waals surface area contributed by atoms with E-state index in [1.807, 2.05) is 42.5 Å². The average Bonchev–Trinajstić information content (AvgIpc) is 3.55. The normalized spacial score (nSPS) is 32.7. The number of hydrogen-bond donors (Lipinski definition) is 1. The standard InChI is InChI=1S/C24H26O5/c25-22(26)21-13-17(21)15-27-23-9-11-24(12-10-23,28-16-23)18-5-4-8-20(14-18)29-19-6-2-1-3-7-19/h1-8,14,17,21H,9-13,15-16H2,(H,25,26). The number of ether oxygens (including phenoxy) is 3. The van der Waals surface area contributed by atoms with Gasteiger partial charge in [-0.25, -0.2) is 0 Å². The van der Waals surface area contributed by atoms with Crippen LogP contribution in [0.15, 0.2) is 54.6 Å². The fourth-order valence-electron chi connectivity index (χ4n) is 4.71. The second kappa shape index (κ2) is 7.15. The van der Waals surface area contributed by atoms with E-state index in [-0.39, 0.29) is 23.0 Å². The summed E-state index contributed by atoms with van der Waals surface area (Å²) in [5.74, 6) is 0.894. The Morgan fingerprint density at radius 1 is 1.03 bits per heavy atom. The first kappa shape index (κ1) is 18.6. The molecule has 2 atom stereocenters. The topological polar surface area (TPSA) is 65.0 Å². The van der Waals surface area contributed by atoms with Crippen LogP contribution in [0, 0.1) is 11.8 Å². The maximum Gasteiger partial charge on any atom is 0.306 e. The van der Waals surface area contributed by atoms with E-state index in [1.165, 1.54) is 0 Å². The van der Waals surface area contributed by atoms with Crippen molar-refractivity contribution in [1.29, 1.82) is 0 Å². The van der Waals surface area contributed by atoms with Gasteiger partial charge in [0.2, 0.25) is 0 Å². The van der Waals surface area contributed by atoms with E-state index in [1.54, 1.807) is 0 Å². The van der Waals surface area contributed by atoms with Crippen LogP contribution in [-0.2, 0) is 19.9 Å². The molecule has 2 aromatic rings. The molecule has 4 fully saturated rings. The zero-order chi connectivity index (χ0) is 19.9. The summed E-state index contributed by atoms with van der Waals surface area (Å²) >= 11 is 0. The molecule has 0 aromatic heterocycles. The number of rotatable bonds is 7. The number of fused-ring (bicyclic) bond motifs is 3. The van der Waals surface area contributed by atoms with Gasteiger partial charge in [-0.05, 0) is 67.9 Å². The van der Waals surface area contributed by atoms with Crippen LogP contribution in [0.5, 0.6) is 11.5 Å². The minimum absolute atomic E-state index is 0.169. The highest BCUT2D eigenvalue weighted by atomic mass is 16.6. The summed E-state index contributed by atoms with van der Waals surface area (Å²) in [6.07, 6.45) is 4.45. The molecule has 1 N–H and O–H groups in total. The lowest BCUT2D eigenvalue weighted by atomic mass is 9.70. The van der Waals surface area contributed by atoms with Gasteiger partial charge < -0.3 is 19.3 Å². The Morgan fingerprint density at radius 3 is 2.45 bits per heavy atom. The largest absolute Gasteiger partial charge is 0.481 e. The Morgan fingerprint density at radius 2 is 1.79 bits per heavy atom. The molecular formula is C24H26O5. The molecule has 29 heavy (non-hydrogen) atoms. The third kappa shape index (κ3) is 3.65. The van der Waals surface area contributed by atoms with Crippen molar-refractivity contribution in [3.05, 3.63) is 60.2 Å². The molecule has 6 rings (SSSR count). The molecule has 0 amide bonds. The molecule has 2 unspecified atom stereocenters. The molecule has 2 saturated heterocycles. The van der Waals surface area contributed by atoms with Gasteiger partial charge >= 0.3 is 5.97 Å². The van der Waals surface area contributed by atoms with Crippen LogP contribution in [0.3, 0.4) is 0 Å². The summed E-state index contributed by atoms with van der Waals surface area (Å²) in [6.45, 7) is 1.11. The predicted octanol–water partition coefficient (Wildman–Crippen LogP) is 4.75. The number of carboxylic acid groups (broad SMARTS) is 1. The van der Waals surface area contributed by atoms with Crippen molar-refractivity contribution in [3.63, 3.8) is 0 Å². The highest BCUT2D eigenvalue weighted by Gasteiger charge is 2.53. The molecule has 0 radical (unpaired) electrons.